The first-order valence-corrected chi connectivity index (χ1v) is 11.9. The molecule has 2 aliphatic rings. The molecule has 8 heteroatoms. The summed E-state index contributed by atoms with van der Waals surface area (Å²) < 4.78 is 6.82. The van der Waals surface area contributed by atoms with Gasteiger partial charge in [0.1, 0.15) is 17.5 Å². The summed E-state index contributed by atoms with van der Waals surface area (Å²) in [5.74, 6) is 0.548. The fourth-order valence-electron chi connectivity index (χ4n) is 5.06. The van der Waals surface area contributed by atoms with E-state index in [-0.39, 0.29) is 17.9 Å². The number of rotatable bonds is 8. The van der Waals surface area contributed by atoms with Crippen molar-refractivity contribution in [2.75, 3.05) is 45.3 Å². The van der Waals surface area contributed by atoms with E-state index < -0.39 is 0 Å². The summed E-state index contributed by atoms with van der Waals surface area (Å²) in [6.45, 7) is 2.23. The van der Waals surface area contributed by atoms with E-state index in [1.54, 1.807) is 16.7 Å². The second kappa shape index (κ2) is 9.17. The average Bonchev–Trinajstić information content (AvgIpc) is 3.55. The number of hydrogen-bond acceptors (Lipinski definition) is 6. The van der Waals surface area contributed by atoms with Crippen LogP contribution < -0.4 is 9.64 Å². The Kier molecular flexibility index (Phi) is 6.05. The predicted octanol–water partition coefficient (Wildman–Crippen LogP) is 2.91. The largest absolute Gasteiger partial charge is 0.497 e. The molecule has 5 rings (SSSR count). The molecule has 1 aromatic heterocycles. The molecule has 1 saturated carbocycles. The molecule has 0 radical (unpaired) electrons. The predicted molar refractivity (Wildman–Crippen MR) is 132 cm³/mol. The second-order valence-corrected chi connectivity index (χ2v) is 9.39. The molecule has 2 aromatic carbocycles. The van der Waals surface area contributed by atoms with Gasteiger partial charge in [0.05, 0.1) is 19.4 Å². The van der Waals surface area contributed by atoms with Crippen LogP contribution in [0.3, 0.4) is 0 Å². The van der Waals surface area contributed by atoms with Crippen LogP contribution in [0.15, 0.2) is 48.5 Å². The van der Waals surface area contributed by atoms with Crippen LogP contribution in [0.4, 0.5) is 5.69 Å². The summed E-state index contributed by atoms with van der Waals surface area (Å²) in [5, 5.41) is 23.3. The monoisotopic (exact) mass is 471 g/mol. The minimum absolute atomic E-state index is 0.135. The van der Waals surface area contributed by atoms with Crippen molar-refractivity contribution < 1.29 is 14.6 Å². The normalized spacial score (nSPS) is 16.2. The van der Waals surface area contributed by atoms with Crippen molar-refractivity contribution >= 4 is 11.6 Å². The average molecular weight is 472 g/mol. The van der Waals surface area contributed by atoms with Gasteiger partial charge < -0.3 is 19.6 Å². The lowest BCUT2D eigenvalue weighted by Gasteiger charge is -2.28. The Labute approximate surface area is 205 Å². The number of anilines is 1. The Bertz CT molecular complexity index is 1270. The Balaban J connectivity index is 1.42. The van der Waals surface area contributed by atoms with Gasteiger partial charge in [-0.25, -0.2) is 4.68 Å². The third-order valence-corrected chi connectivity index (χ3v) is 7.14. The molecular formula is C27H29N5O3. The number of methoxy groups -OCH3 is 1. The number of benzene rings is 2. The quantitative estimate of drug-likeness (QED) is 0.543. The first-order chi connectivity index (χ1) is 17.0. The number of likely N-dealkylation sites (N-methyl/N-ethyl adjacent to an activating group) is 1. The summed E-state index contributed by atoms with van der Waals surface area (Å²) >= 11 is 0. The number of aromatic nitrogens is 2. The highest BCUT2D eigenvalue weighted by molar-refractivity contribution is 6.07. The summed E-state index contributed by atoms with van der Waals surface area (Å²) in [6.07, 6.45) is 2.83. The highest BCUT2D eigenvalue weighted by Gasteiger charge is 2.45. The van der Waals surface area contributed by atoms with Crippen LogP contribution in [0, 0.1) is 11.3 Å². The fourth-order valence-corrected chi connectivity index (χ4v) is 5.06. The number of fused-ring (bicyclic) bond motifs is 1. The fraction of sp³-hybridized carbons (Fsp3) is 0.370. The van der Waals surface area contributed by atoms with Gasteiger partial charge >= 0.3 is 0 Å². The number of aliphatic hydroxyl groups excluding tert-OH is 1. The lowest BCUT2D eigenvalue weighted by Crippen LogP contribution is -2.39. The zero-order valence-corrected chi connectivity index (χ0v) is 20.1. The van der Waals surface area contributed by atoms with Crippen molar-refractivity contribution in [2.24, 2.45) is 0 Å². The van der Waals surface area contributed by atoms with E-state index in [0.717, 1.165) is 25.1 Å². The number of aliphatic hydroxyl groups is 1. The summed E-state index contributed by atoms with van der Waals surface area (Å²) in [5.41, 5.74) is 4.38. The molecule has 0 saturated heterocycles. The first-order valence-electron chi connectivity index (χ1n) is 11.9. The highest BCUT2D eigenvalue weighted by Crippen LogP contribution is 2.49. The van der Waals surface area contributed by atoms with Crippen molar-refractivity contribution in [3.05, 3.63) is 71.0 Å². The Morgan fingerprint density at radius 2 is 1.83 bits per heavy atom. The standard InChI is InChI=1S/C27H29N5O3/c1-30(15-16-33)18-27(12-13-27)19-3-5-20(6-4-19)31-14-11-23-24(17-28)29-32(25(23)26(31)34)21-7-9-22(35-2)10-8-21/h3-10,33H,11-16,18H2,1-2H3. The molecule has 35 heavy (non-hydrogen) atoms. The molecule has 1 N–H and O–H groups in total. The number of hydrogen-bond donors (Lipinski definition) is 1. The van der Waals surface area contributed by atoms with E-state index in [1.807, 2.05) is 43.4 Å². The minimum atomic E-state index is -0.160. The van der Waals surface area contributed by atoms with Crippen LogP contribution in [0.1, 0.15) is 40.2 Å². The molecule has 1 aliphatic carbocycles. The molecule has 1 amide bonds. The highest BCUT2D eigenvalue weighted by atomic mass is 16.5. The zero-order valence-electron chi connectivity index (χ0n) is 20.1. The van der Waals surface area contributed by atoms with E-state index in [4.69, 9.17) is 4.74 Å². The molecule has 0 bridgehead atoms. The molecule has 180 valence electrons. The lowest BCUT2D eigenvalue weighted by molar-refractivity contribution is 0.0973. The lowest BCUT2D eigenvalue weighted by atomic mass is 9.94. The maximum absolute atomic E-state index is 13.7. The molecule has 1 fully saturated rings. The first kappa shape index (κ1) is 23.1. The van der Waals surface area contributed by atoms with Gasteiger partial charge in [0.15, 0.2) is 5.69 Å². The minimum Gasteiger partial charge on any atom is -0.497 e. The Morgan fingerprint density at radius 3 is 2.43 bits per heavy atom. The topological polar surface area (TPSA) is 94.6 Å². The Morgan fingerprint density at radius 1 is 1.14 bits per heavy atom. The van der Waals surface area contributed by atoms with Gasteiger partial charge in [-0.1, -0.05) is 12.1 Å². The van der Waals surface area contributed by atoms with Crippen LogP contribution in [0.5, 0.6) is 5.75 Å². The van der Waals surface area contributed by atoms with E-state index in [9.17, 15) is 15.2 Å². The van der Waals surface area contributed by atoms with Gasteiger partial charge in [0.25, 0.3) is 5.91 Å². The van der Waals surface area contributed by atoms with Gasteiger partial charge in [-0.3, -0.25) is 4.79 Å². The molecule has 0 atom stereocenters. The van der Waals surface area contributed by atoms with Gasteiger partial charge in [0, 0.05) is 36.3 Å². The number of nitriles is 1. The van der Waals surface area contributed by atoms with Crippen molar-refractivity contribution in [3.8, 4) is 17.5 Å². The molecule has 1 aliphatic heterocycles. The van der Waals surface area contributed by atoms with Crippen LogP contribution in [-0.4, -0.2) is 66.1 Å². The van der Waals surface area contributed by atoms with E-state index in [1.165, 1.54) is 5.56 Å². The van der Waals surface area contributed by atoms with Gasteiger partial charge in [-0.05, 0) is 68.3 Å². The third kappa shape index (κ3) is 4.18. The van der Waals surface area contributed by atoms with Gasteiger partial charge in [-0.15, -0.1) is 0 Å². The maximum Gasteiger partial charge on any atom is 0.277 e. The second-order valence-electron chi connectivity index (χ2n) is 9.39. The SMILES string of the molecule is COc1ccc(-n2nc(C#N)c3c2C(=O)N(c2ccc(C4(CN(C)CCO)CC4)cc2)CC3)cc1. The molecule has 0 spiro atoms. The summed E-state index contributed by atoms with van der Waals surface area (Å²) in [6, 6.07) is 17.7. The molecule has 8 nitrogen and oxygen atoms in total. The van der Waals surface area contributed by atoms with Crippen molar-refractivity contribution in [2.45, 2.75) is 24.7 Å². The number of nitrogens with zero attached hydrogens (tertiary/aromatic N) is 5. The Hall–Kier alpha value is -3.67. The van der Waals surface area contributed by atoms with Crippen molar-refractivity contribution in [3.63, 3.8) is 0 Å². The number of carbonyl (C=O) groups excluding carboxylic acids is 1. The molecule has 0 unspecified atom stereocenters. The van der Waals surface area contributed by atoms with Gasteiger partial charge in [0.2, 0.25) is 0 Å². The number of amides is 1. The number of ether oxygens (including phenoxy) is 1. The molecule has 3 aromatic rings. The summed E-state index contributed by atoms with van der Waals surface area (Å²) in [7, 11) is 3.64. The van der Waals surface area contributed by atoms with Crippen molar-refractivity contribution in [1.29, 1.82) is 5.26 Å². The van der Waals surface area contributed by atoms with E-state index in [2.05, 4.69) is 28.2 Å². The maximum atomic E-state index is 13.7. The number of carbonyl (C=O) groups is 1. The van der Waals surface area contributed by atoms with Crippen LogP contribution in [0.25, 0.3) is 5.69 Å². The molecular weight excluding hydrogens is 442 g/mol. The molecule has 2 heterocycles. The third-order valence-electron chi connectivity index (χ3n) is 7.14. The zero-order chi connectivity index (χ0) is 24.6. The smallest absolute Gasteiger partial charge is 0.277 e. The van der Waals surface area contributed by atoms with Crippen LogP contribution in [0.2, 0.25) is 0 Å². The van der Waals surface area contributed by atoms with E-state index in [0.29, 0.717) is 47.9 Å². The summed E-state index contributed by atoms with van der Waals surface area (Å²) in [4.78, 5) is 17.6. The van der Waals surface area contributed by atoms with Gasteiger partial charge in [-0.2, -0.15) is 10.4 Å². The van der Waals surface area contributed by atoms with Crippen molar-refractivity contribution in [1.82, 2.24) is 14.7 Å². The van der Waals surface area contributed by atoms with E-state index >= 15 is 0 Å². The van der Waals surface area contributed by atoms with Crippen LogP contribution >= 0.6 is 0 Å². The van der Waals surface area contributed by atoms with Crippen LogP contribution in [-0.2, 0) is 11.8 Å².